The summed E-state index contributed by atoms with van der Waals surface area (Å²) in [4.78, 5) is 0. The summed E-state index contributed by atoms with van der Waals surface area (Å²) in [5, 5.41) is 7.33. The fraction of sp³-hybridized carbons (Fsp3) is 0.385. The highest BCUT2D eigenvalue weighted by atomic mass is 16.5. The van der Waals surface area contributed by atoms with Crippen LogP contribution in [0.5, 0.6) is 11.5 Å². The predicted molar refractivity (Wildman–Crippen MR) is 232 cm³/mol. The van der Waals surface area contributed by atoms with Crippen molar-refractivity contribution in [2.45, 2.75) is 118 Å². The maximum absolute atomic E-state index is 6.01. The average molecular weight is 715 g/mol. The highest BCUT2D eigenvalue weighted by Crippen LogP contribution is 2.42. The molecule has 0 saturated carbocycles. The van der Waals surface area contributed by atoms with Crippen LogP contribution in [-0.4, -0.2) is 13.2 Å². The Labute approximate surface area is 325 Å². The quantitative estimate of drug-likeness (QED) is 0.0714. The summed E-state index contributed by atoms with van der Waals surface area (Å²) >= 11 is 0. The third-order valence-electron chi connectivity index (χ3n) is 10.4. The van der Waals surface area contributed by atoms with Gasteiger partial charge in [-0.05, 0) is 140 Å². The molecular formula is C52H58O2. The highest BCUT2D eigenvalue weighted by Gasteiger charge is 2.22. The Morgan fingerprint density at radius 1 is 0.444 bits per heavy atom. The van der Waals surface area contributed by atoms with E-state index in [9.17, 15) is 0 Å². The van der Waals surface area contributed by atoms with Crippen molar-refractivity contribution in [1.29, 1.82) is 0 Å². The molecule has 6 aromatic carbocycles. The minimum Gasteiger partial charge on any atom is -0.494 e. The summed E-state index contributed by atoms with van der Waals surface area (Å²) in [5.41, 5.74) is 6.54. The van der Waals surface area contributed by atoms with Gasteiger partial charge >= 0.3 is 0 Å². The van der Waals surface area contributed by atoms with Gasteiger partial charge in [0, 0.05) is 22.3 Å². The maximum Gasteiger partial charge on any atom is 0.119 e. The molecule has 0 heterocycles. The largest absolute Gasteiger partial charge is 0.494 e. The van der Waals surface area contributed by atoms with Crippen LogP contribution < -0.4 is 9.47 Å². The highest BCUT2D eigenvalue weighted by molar-refractivity contribution is 6.26. The first-order valence-corrected chi connectivity index (χ1v) is 20.3. The third kappa shape index (κ3) is 9.41. The molecule has 0 atom stereocenters. The molecule has 2 heteroatoms. The molecule has 278 valence electrons. The Balaban J connectivity index is 1.44. The van der Waals surface area contributed by atoms with E-state index in [1.807, 2.05) is 24.3 Å². The molecule has 0 amide bonds. The zero-order valence-electron chi connectivity index (χ0n) is 34.0. The number of unbranched alkanes of at least 4 members (excludes halogenated alkanes) is 6. The zero-order valence-corrected chi connectivity index (χ0v) is 34.0. The second-order valence-corrected chi connectivity index (χ2v) is 17.0. The lowest BCUT2D eigenvalue weighted by Gasteiger charge is -2.24. The van der Waals surface area contributed by atoms with E-state index in [1.54, 1.807) is 0 Å². The van der Waals surface area contributed by atoms with Crippen molar-refractivity contribution in [2.24, 2.45) is 0 Å². The molecule has 0 saturated heterocycles. The molecule has 0 fully saturated rings. The molecule has 0 radical (unpaired) electrons. The van der Waals surface area contributed by atoms with Gasteiger partial charge < -0.3 is 9.47 Å². The van der Waals surface area contributed by atoms with Crippen LogP contribution >= 0.6 is 0 Å². The van der Waals surface area contributed by atoms with E-state index in [0.29, 0.717) is 0 Å². The van der Waals surface area contributed by atoms with Crippen LogP contribution in [0.25, 0.3) is 32.3 Å². The standard InChI is InChI=1S/C52H58O2/c1-9-11-13-15-29-53-45-25-19-37(20-26-45)17-23-39-31-41-33-43(51(3,4)5)34-42-32-40(48-36-44(52(6,7)8)35-47(39)50(48)49(41)42)24-18-38-21-27-46(28-22-38)54-30-16-14-12-10-2/h19-22,25-28,31-36H,9-16,29-30H2,1-8H3. The lowest BCUT2D eigenvalue weighted by atomic mass is 9.79. The van der Waals surface area contributed by atoms with Crippen LogP contribution in [0.1, 0.15) is 140 Å². The van der Waals surface area contributed by atoms with Gasteiger partial charge in [-0.25, -0.2) is 0 Å². The normalized spacial score (nSPS) is 11.8. The second kappa shape index (κ2) is 17.0. The van der Waals surface area contributed by atoms with Crippen molar-refractivity contribution in [3.63, 3.8) is 0 Å². The van der Waals surface area contributed by atoms with E-state index < -0.39 is 0 Å². The van der Waals surface area contributed by atoms with E-state index in [-0.39, 0.29) is 10.8 Å². The molecule has 0 aromatic heterocycles. The Hall–Kier alpha value is -4.92. The Bertz CT molecular complexity index is 2160. The molecule has 54 heavy (non-hydrogen) atoms. The SMILES string of the molecule is CCCCCCOc1ccc(C#Cc2cc3cc(C(C)(C)C)cc4cc(C#Cc5ccc(OCCCCCC)cc5)c5cc(C(C)(C)C)cc2c5c34)cc1. The van der Waals surface area contributed by atoms with E-state index in [2.05, 4.69) is 140 Å². The van der Waals surface area contributed by atoms with Crippen LogP contribution in [0.3, 0.4) is 0 Å². The lowest BCUT2D eigenvalue weighted by molar-refractivity contribution is 0.305. The van der Waals surface area contributed by atoms with Crippen LogP contribution in [0, 0.1) is 23.7 Å². The molecule has 0 aliphatic carbocycles. The van der Waals surface area contributed by atoms with Crippen molar-refractivity contribution < 1.29 is 9.47 Å². The van der Waals surface area contributed by atoms with Gasteiger partial charge in [0.05, 0.1) is 13.2 Å². The van der Waals surface area contributed by atoms with Crippen LogP contribution in [0.2, 0.25) is 0 Å². The van der Waals surface area contributed by atoms with Gasteiger partial charge in [0.15, 0.2) is 0 Å². The maximum atomic E-state index is 6.01. The minimum atomic E-state index is -0.0575. The first-order valence-electron chi connectivity index (χ1n) is 20.3. The smallest absolute Gasteiger partial charge is 0.119 e. The van der Waals surface area contributed by atoms with E-state index in [1.165, 1.54) is 82.0 Å². The Morgan fingerprint density at radius 2 is 0.852 bits per heavy atom. The van der Waals surface area contributed by atoms with E-state index >= 15 is 0 Å². The summed E-state index contributed by atoms with van der Waals surface area (Å²) < 4.78 is 12.0. The summed E-state index contributed by atoms with van der Waals surface area (Å²) in [6.07, 6.45) is 9.58. The number of ether oxygens (including phenoxy) is 2. The Kier molecular flexibility index (Phi) is 12.2. The molecule has 0 N–H and O–H groups in total. The Morgan fingerprint density at radius 3 is 1.24 bits per heavy atom. The van der Waals surface area contributed by atoms with Crippen molar-refractivity contribution in [1.82, 2.24) is 0 Å². The minimum absolute atomic E-state index is 0.0127. The second-order valence-electron chi connectivity index (χ2n) is 17.0. The van der Waals surface area contributed by atoms with Crippen LogP contribution in [0.15, 0.2) is 84.9 Å². The fourth-order valence-electron chi connectivity index (χ4n) is 7.07. The number of hydrogen-bond acceptors (Lipinski definition) is 2. The molecule has 6 rings (SSSR count). The summed E-state index contributed by atoms with van der Waals surface area (Å²) in [7, 11) is 0. The predicted octanol–water partition coefficient (Wildman–Crippen LogP) is 13.9. The van der Waals surface area contributed by atoms with Gasteiger partial charge in [-0.2, -0.15) is 0 Å². The molecule has 0 spiro atoms. The molecule has 6 aromatic rings. The fourth-order valence-corrected chi connectivity index (χ4v) is 7.07. The van der Waals surface area contributed by atoms with Gasteiger partial charge in [-0.1, -0.05) is 130 Å². The van der Waals surface area contributed by atoms with Crippen molar-refractivity contribution in [3.8, 4) is 35.2 Å². The average Bonchev–Trinajstić information content (AvgIpc) is 3.15. The van der Waals surface area contributed by atoms with Crippen molar-refractivity contribution >= 4 is 32.3 Å². The van der Waals surface area contributed by atoms with Crippen LogP contribution in [-0.2, 0) is 10.8 Å². The first-order chi connectivity index (χ1) is 25.9. The van der Waals surface area contributed by atoms with Gasteiger partial charge in [0.1, 0.15) is 11.5 Å². The zero-order chi connectivity index (χ0) is 38.3. The van der Waals surface area contributed by atoms with Gasteiger partial charge in [-0.15, -0.1) is 0 Å². The van der Waals surface area contributed by atoms with Crippen molar-refractivity contribution in [2.75, 3.05) is 13.2 Å². The molecule has 2 nitrogen and oxygen atoms in total. The molecule has 0 aliphatic rings. The number of hydrogen-bond donors (Lipinski definition) is 0. The summed E-state index contributed by atoms with van der Waals surface area (Å²) in [6.45, 7) is 19.7. The molecular weight excluding hydrogens is 657 g/mol. The monoisotopic (exact) mass is 714 g/mol. The van der Waals surface area contributed by atoms with Gasteiger partial charge in [0.25, 0.3) is 0 Å². The van der Waals surface area contributed by atoms with Gasteiger partial charge in [0.2, 0.25) is 0 Å². The topological polar surface area (TPSA) is 18.5 Å². The number of rotatable bonds is 12. The van der Waals surface area contributed by atoms with E-state index in [0.717, 1.165) is 59.8 Å². The number of benzene rings is 6. The van der Waals surface area contributed by atoms with Crippen LogP contribution in [0.4, 0.5) is 0 Å². The molecule has 0 bridgehead atoms. The van der Waals surface area contributed by atoms with E-state index in [4.69, 9.17) is 9.47 Å². The summed E-state index contributed by atoms with van der Waals surface area (Å²) in [6, 6.07) is 30.6. The summed E-state index contributed by atoms with van der Waals surface area (Å²) in [5.74, 6) is 16.1. The molecule has 0 unspecified atom stereocenters. The van der Waals surface area contributed by atoms with Gasteiger partial charge in [-0.3, -0.25) is 0 Å². The molecule has 0 aliphatic heterocycles. The third-order valence-corrected chi connectivity index (χ3v) is 10.4. The lowest BCUT2D eigenvalue weighted by Crippen LogP contribution is -2.12. The first kappa shape index (κ1) is 38.8. The van der Waals surface area contributed by atoms with Crippen molar-refractivity contribution in [3.05, 3.63) is 118 Å².